The molecule has 1 heterocycles. The number of hydrogen-bond acceptors (Lipinski definition) is 3. The van der Waals surface area contributed by atoms with Crippen LogP contribution in [0, 0.1) is 0 Å². The number of ether oxygens (including phenoxy) is 1. The number of benzene rings is 1. The summed E-state index contributed by atoms with van der Waals surface area (Å²) in [5.41, 5.74) is 0.827. The van der Waals surface area contributed by atoms with Crippen LogP contribution in [0.15, 0.2) is 24.4 Å². The number of carboxylic acids is 1. The Labute approximate surface area is 80.1 Å². The molecule has 72 valence electrons. The van der Waals surface area contributed by atoms with Crippen molar-refractivity contribution in [3.63, 3.8) is 0 Å². The summed E-state index contributed by atoms with van der Waals surface area (Å²) in [4.78, 5) is 13.5. The van der Waals surface area contributed by atoms with Crippen LogP contribution in [-0.2, 0) is 0 Å². The lowest BCUT2D eigenvalue weighted by atomic mass is 10.1. The Morgan fingerprint density at radius 1 is 1.50 bits per heavy atom. The van der Waals surface area contributed by atoms with E-state index >= 15 is 0 Å². The van der Waals surface area contributed by atoms with E-state index in [9.17, 15) is 9.90 Å². The molecule has 0 amide bonds. The molecule has 1 aromatic carbocycles. The fourth-order valence-electron chi connectivity index (χ4n) is 1.47. The lowest BCUT2D eigenvalue weighted by molar-refractivity contribution is -0.254. The van der Waals surface area contributed by atoms with E-state index in [0.29, 0.717) is 16.7 Å². The lowest BCUT2D eigenvalue weighted by Gasteiger charge is -2.02. The molecule has 0 aliphatic heterocycles. The maximum absolute atomic E-state index is 10.7. The highest BCUT2D eigenvalue weighted by molar-refractivity contribution is 6.03. The molecule has 0 aliphatic carbocycles. The second kappa shape index (κ2) is 3.06. The molecule has 0 atom stereocenters. The van der Waals surface area contributed by atoms with Crippen LogP contribution >= 0.6 is 0 Å². The van der Waals surface area contributed by atoms with Crippen LogP contribution < -0.4 is 9.84 Å². The molecule has 0 saturated carbocycles. The number of aromatic amines is 1. The molecule has 0 fully saturated rings. The third-order valence-electron chi connectivity index (χ3n) is 2.12. The van der Waals surface area contributed by atoms with E-state index in [1.807, 2.05) is 0 Å². The van der Waals surface area contributed by atoms with Gasteiger partial charge in [0.2, 0.25) is 0 Å². The molecule has 4 nitrogen and oxygen atoms in total. The summed E-state index contributed by atoms with van der Waals surface area (Å²) in [6.45, 7) is 0. The van der Waals surface area contributed by atoms with E-state index in [1.54, 1.807) is 18.2 Å². The highest BCUT2D eigenvalue weighted by Crippen LogP contribution is 2.26. The van der Waals surface area contributed by atoms with E-state index in [1.165, 1.54) is 13.3 Å². The van der Waals surface area contributed by atoms with Gasteiger partial charge in [-0.25, -0.2) is 0 Å². The molecule has 0 aliphatic rings. The van der Waals surface area contributed by atoms with Crippen molar-refractivity contribution in [3.8, 4) is 5.75 Å². The van der Waals surface area contributed by atoms with E-state index < -0.39 is 5.97 Å². The summed E-state index contributed by atoms with van der Waals surface area (Å²) < 4.78 is 5.08. The number of carboxylic acid groups (broad SMARTS) is 1. The number of para-hydroxylation sites is 1. The Morgan fingerprint density at radius 3 is 2.93 bits per heavy atom. The molecule has 0 bridgehead atoms. The summed E-state index contributed by atoms with van der Waals surface area (Å²) in [6, 6.07) is 5.21. The van der Waals surface area contributed by atoms with E-state index in [2.05, 4.69) is 4.98 Å². The number of fused-ring (bicyclic) bond motifs is 1. The molecule has 0 radical (unpaired) electrons. The molecule has 14 heavy (non-hydrogen) atoms. The molecular formula is C10H8NO3-. The van der Waals surface area contributed by atoms with Crippen LogP contribution in [0.3, 0.4) is 0 Å². The smallest absolute Gasteiger partial charge is 0.142 e. The fourth-order valence-corrected chi connectivity index (χ4v) is 1.47. The first-order valence-corrected chi connectivity index (χ1v) is 4.09. The Hall–Kier alpha value is -1.97. The number of nitrogens with one attached hydrogen (secondary N) is 1. The van der Waals surface area contributed by atoms with Gasteiger partial charge in [-0.1, -0.05) is 12.1 Å². The van der Waals surface area contributed by atoms with Crippen molar-refractivity contribution in [2.24, 2.45) is 0 Å². The van der Waals surface area contributed by atoms with Crippen molar-refractivity contribution in [1.29, 1.82) is 0 Å². The number of carbonyl (C=O) groups excluding carboxylic acids is 1. The molecule has 2 aromatic rings. The maximum atomic E-state index is 10.7. The second-order valence-electron chi connectivity index (χ2n) is 2.87. The van der Waals surface area contributed by atoms with Crippen molar-refractivity contribution in [3.05, 3.63) is 30.0 Å². The number of aromatic nitrogens is 1. The van der Waals surface area contributed by atoms with Gasteiger partial charge in [-0.2, -0.15) is 0 Å². The minimum Gasteiger partial charge on any atom is -0.545 e. The molecule has 2 rings (SSSR count). The zero-order valence-corrected chi connectivity index (χ0v) is 7.53. The maximum Gasteiger partial charge on any atom is 0.142 e. The molecule has 0 spiro atoms. The standard InChI is InChI=1S/C10H9NO3/c1-14-8-4-2-3-6-7(10(12)13)5-11-9(6)8/h2-5,11H,1H3,(H,12,13)/p-1. The van der Waals surface area contributed by atoms with Crippen molar-refractivity contribution in [1.82, 2.24) is 4.98 Å². The summed E-state index contributed by atoms with van der Waals surface area (Å²) in [6.07, 6.45) is 1.41. The minimum absolute atomic E-state index is 0.152. The largest absolute Gasteiger partial charge is 0.545 e. The van der Waals surface area contributed by atoms with Gasteiger partial charge in [0.15, 0.2) is 0 Å². The van der Waals surface area contributed by atoms with Gasteiger partial charge in [0.25, 0.3) is 0 Å². The first-order chi connectivity index (χ1) is 6.74. The predicted molar refractivity (Wildman–Crippen MR) is 49.2 cm³/mol. The highest BCUT2D eigenvalue weighted by atomic mass is 16.5. The van der Waals surface area contributed by atoms with E-state index in [0.717, 1.165) is 0 Å². The van der Waals surface area contributed by atoms with Crippen LogP contribution in [-0.4, -0.2) is 18.1 Å². The van der Waals surface area contributed by atoms with Crippen LogP contribution in [0.5, 0.6) is 5.75 Å². The number of methoxy groups -OCH3 is 1. The van der Waals surface area contributed by atoms with E-state index in [4.69, 9.17) is 4.74 Å². The monoisotopic (exact) mass is 190 g/mol. The summed E-state index contributed by atoms with van der Waals surface area (Å²) >= 11 is 0. The topological polar surface area (TPSA) is 65.2 Å². The van der Waals surface area contributed by atoms with E-state index in [-0.39, 0.29) is 5.56 Å². The van der Waals surface area contributed by atoms with Crippen molar-refractivity contribution in [2.75, 3.05) is 7.11 Å². The number of aromatic carboxylic acids is 1. The van der Waals surface area contributed by atoms with Crippen molar-refractivity contribution in [2.45, 2.75) is 0 Å². The molecule has 1 aromatic heterocycles. The lowest BCUT2D eigenvalue weighted by Crippen LogP contribution is -2.21. The SMILES string of the molecule is COc1cccc2c(C(=O)[O-])c[nH]c12. The van der Waals surface area contributed by atoms with Crippen LogP contribution in [0.25, 0.3) is 10.9 Å². The van der Waals surface area contributed by atoms with Crippen molar-refractivity contribution >= 4 is 16.9 Å². The van der Waals surface area contributed by atoms with Gasteiger partial charge in [0.05, 0.1) is 18.6 Å². The second-order valence-corrected chi connectivity index (χ2v) is 2.87. The predicted octanol–water partition coefficient (Wildman–Crippen LogP) is 0.540. The Bertz CT molecular complexity index is 487. The van der Waals surface area contributed by atoms with Crippen LogP contribution in [0.4, 0.5) is 0 Å². The highest BCUT2D eigenvalue weighted by Gasteiger charge is 2.07. The van der Waals surface area contributed by atoms with Crippen LogP contribution in [0.2, 0.25) is 0 Å². The van der Waals surface area contributed by atoms with Crippen LogP contribution in [0.1, 0.15) is 10.4 Å². The normalized spacial score (nSPS) is 10.4. The Kier molecular flexibility index (Phi) is 1.89. The third-order valence-corrected chi connectivity index (χ3v) is 2.12. The fraction of sp³-hybridized carbons (Fsp3) is 0.100. The molecule has 0 saturated heterocycles. The third kappa shape index (κ3) is 1.12. The van der Waals surface area contributed by atoms with Gasteiger partial charge < -0.3 is 19.6 Å². The average molecular weight is 190 g/mol. The summed E-state index contributed by atoms with van der Waals surface area (Å²) in [5, 5.41) is 11.3. The van der Waals surface area contributed by atoms with Gasteiger partial charge in [0, 0.05) is 17.1 Å². The van der Waals surface area contributed by atoms with Gasteiger partial charge in [-0.05, 0) is 6.07 Å². The number of carbonyl (C=O) groups is 1. The number of H-pyrrole nitrogens is 1. The molecule has 0 unspecified atom stereocenters. The Balaban J connectivity index is 2.75. The van der Waals surface area contributed by atoms with Crippen molar-refractivity contribution < 1.29 is 14.6 Å². The van der Waals surface area contributed by atoms with Gasteiger partial charge in [0.1, 0.15) is 5.75 Å². The number of hydrogen-bond donors (Lipinski definition) is 1. The van der Waals surface area contributed by atoms with Gasteiger partial charge >= 0.3 is 0 Å². The molecule has 4 heteroatoms. The number of rotatable bonds is 2. The first kappa shape index (κ1) is 8.62. The quantitative estimate of drug-likeness (QED) is 0.751. The average Bonchev–Trinajstić information content (AvgIpc) is 2.60. The summed E-state index contributed by atoms with van der Waals surface area (Å²) in [5.74, 6) is -0.570. The zero-order valence-electron chi connectivity index (χ0n) is 7.53. The summed E-state index contributed by atoms with van der Waals surface area (Å²) in [7, 11) is 1.54. The van der Waals surface area contributed by atoms with Gasteiger partial charge in [-0.15, -0.1) is 0 Å². The Morgan fingerprint density at radius 2 is 2.29 bits per heavy atom. The first-order valence-electron chi connectivity index (χ1n) is 4.09. The minimum atomic E-state index is -1.19. The van der Waals surface area contributed by atoms with Gasteiger partial charge in [-0.3, -0.25) is 0 Å². The zero-order chi connectivity index (χ0) is 10.1. The molecular weight excluding hydrogens is 182 g/mol. The molecule has 1 N–H and O–H groups in total.